The first-order valence-electron chi connectivity index (χ1n) is 5.87. The second-order valence-electron chi connectivity index (χ2n) is 4.06. The number of furan rings is 1. The van der Waals surface area contributed by atoms with Gasteiger partial charge in [-0.15, -0.1) is 22.7 Å². The molecule has 3 aromatic rings. The molecule has 0 fully saturated rings. The van der Waals surface area contributed by atoms with Crippen molar-refractivity contribution in [1.29, 1.82) is 0 Å². The van der Waals surface area contributed by atoms with Gasteiger partial charge in [0, 0.05) is 11.6 Å². The van der Waals surface area contributed by atoms with Gasteiger partial charge in [-0.1, -0.05) is 0 Å². The number of ketones is 1. The van der Waals surface area contributed by atoms with Crippen molar-refractivity contribution in [2.24, 2.45) is 0 Å². The van der Waals surface area contributed by atoms with E-state index in [4.69, 9.17) is 4.42 Å². The monoisotopic (exact) mass is 381 g/mol. The van der Waals surface area contributed by atoms with Gasteiger partial charge in [-0.2, -0.15) is 0 Å². The molecule has 0 unspecified atom stereocenters. The number of rotatable bonds is 3. The SMILES string of the molecule is O=C(/C=c1/[nH]c(=O)/c(=C/c2ccsc2Br)s1)c1ccco1. The number of thiophene rings is 1. The molecule has 0 aromatic carbocycles. The molecule has 0 aliphatic rings. The van der Waals surface area contributed by atoms with Crippen molar-refractivity contribution in [3.05, 3.63) is 64.5 Å². The Morgan fingerprint density at radius 3 is 2.90 bits per heavy atom. The molecule has 4 nitrogen and oxygen atoms in total. The molecule has 0 bridgehead atoms. The summed E-state index contributed by atoms with van der Waals surface area (Å²) in [5, 5.41) is 1.94. The van der Waals surface area contributed by atoms with E-state index >= 15 is 0 Å². The quantitative estimate of drug-likeness (QED) is 0.708. The molecule has 3 aromatic heterocycles. The lowest BCUT2D eigenvalue weighted by Crippen LogP contribution is -2.19. The van der Waals surface area contributed by atoms with E-state index in [1.807, 2.05) is 11.4 Å². The number of nitrogens with one attached hydrogen (secondary N) is 1. The van der Waals surface area contributed by atoms with Gasteiger partial charge >= 0.3 is 0 Å². The van der Waals surface area contributed by atoms with Gasteiger partial charge in [0.2, 0.25) is 5.78 Å². The van der Waals surface area contributed by atoms with E-state index in [2.05, 4.69) is 20.9 Å². The number of aromatic nitrogens is 1. The zero-order valence-corrected chi connectivity index (χ0v) is 13.7. The van der Waals surface area contributed by atoms with Gasteiger partial charge in [0.1, 0.15) is 0 Å². The highest BCUT2D eigenvalue weighted by molar-refractivity contribution is 9.11. The van der Waals surface area contributed by atoms with Crippen LogP contribution >= 0.6 is 38.6 Å². The Balaban J connectivity index is 2.03. The summed E-state index contributed by atoms with van der Waals surface area (Å²) in [6.07, 6.45) is 4.59. The minimum atomic E-state index is -0.277. The Morgan fingerprint density at radius 2 is 2.24 bits per heavy atom. The van der Waals surface area contributed by atoms with Crippen molar-refractivity contribution in [3.63, 3.8) is 0 Å². The van der Waals surface area contributed by atoms with Gasteiger partial charge < -0.3 is 9.40 Å². The molecular formula is C14H8BrNO3S2. The van der Waals surface area contributed by atoms with Gasteiger partial charge in [0.15, 0.2) is 5.76 Å². The number of aromatic amines is 1. The minimum Gasteiger partial charge on any atom is -0.461 e. The van der Waals surface area contributed by atoms with Crippen LogP contribution in [0, 0.1) is 0 Å². The molecule has 0 amide bonds. The van der Waals surface area contributed by atoms with Gasteiger partial charge in [-0.05, 0) is 45.6 Å². The summed E-state index contributed by atoms with van der Waals surface area (Å²) < 4.78 is 7.04. The van der Waals surface area contributed by atoms with Crippen LogP contribution in [0.25, 0.3) is 12.2 Å². The van der Waals surface area contributed by atoms with E-state index in [-0.39, 0.29) is 17.1 Å². The Bertz CT molecular complexity index is 947. The molecule has 0 aliphatic heterocycles. The number of H-pyrrole nitrogens is 1. The average Bonchev–Trinajstić information content (AvgIpc) is 3.15. The molecule has 0 aliphatic carbocycles. The van der Waals surface area contributed by atoms with Gasteiger partial charge in [0.05, 0.1) is 19.2 Å². The number of carbonyl (C=O) groups excluding carboxylic acids is 1. The van der Waals surface area contributed by atoms with Crippen LogP contribution in [0.3, 0.4) is 0 Å². The van der Waals surface area contributed by atoms with Crippen molar-refractivity contribution in [3.8, 4) is 0 Å². The molecule has 1 N–H and O–H groups in total. The zero-order valence-electron chi connectivity index (χ0n) is 10.5. The highest BCUT2D eigenvalue weighted by Crippen LogP contribution is 2.23. The summed E-state index contributed by atoms with van der Waals surface area (Å²) in [5.74, 6) is -0.0314. The van der Waals surface area contributed by atoms with Gasteiger partial charge in [0.25, 0.3) is 5.56 Å². The third kappa shape index (κ3) is 3.15. The highest BCUT2D eigenvalue weighted by atomic mass is 79.9. The molecule has 0 radical (unpaired) electrons. The maximum atomic E-state index is 11.9. The number of Topliss-reactive ketones (excluding diaryl/α,β-unsaturated/α-hetero) is 1. The summed E-state index contributed by atoms with van der Waals surface area (Å²) in [7, 11) is 0. The van der Waals surface area contributed by atoms with E-state index < -0.39 is 0 Å². The molecular weight excluding hydrogens is 374 g/mol. The standard InChI is InChI=1S/C14H8BrNO3S2/c15-13-8(3-5-20-13)6-11-14(18)16-12(21-11)7-9(17)10-2-1-4-19-10/h1-7H,(H,16,18)/b11-6-,12-7-. The summed E-state index contributed by atoms with van der Waals surface area (Å²) in [6.45, 7) is 0. The molecule has 0 saturated heterocycles. The maximum Gasteiger partial charge on any atom is 0.266 e. The highest BCUT2D eigenvalue weighted by Gasteiger charge is 2.06. The Morgan fingerprint density at radius 1 is 1.38 bits per heavy atom. The van der Waals surface area contributed by atoms with Gasteiger partial charge in [-0.25, -0.2) is 0 Å². The van der Waals surface area contributed by atoms with E-state index in [9.17, 15) is 9.59 Å². The van der Waals surface area contributed by atoms with Crippen LogP contribution in [-0.2, 0) is 0 Å². The molecule has 0 atom stereocenters. The van der Waals surface area contributed by atoms with Crippen molar-refractivity contribution in [1.82, 2.24) is 4.98 Å². The first-order valence-corrected chi connectivity index (χ1v) is 8.36. The van der Waals surface area contributed by atoms with Crippen molar-refractivity contribution in [2.45, 2.75) is 0 Å². The molecule has 3 heterocycles. The zero-order chi connectivity index (χ0) is 14.8. The van der Waals surface area contributed by atoms with Crippen molar-refractivity contribution < 1.29 is 9.21 Å². The van der Waals surface area contributed by atoms with Crippen LogP contribution in [-0.4, -0.2) is 10.8 Å². The van der Waals surface area contributed by atoms with Crippen LogP contribution in [0.4, 0.5) is 0 Å². The number of halogens is 1. The fourth-order valence-electron chi connectivity index (χ4n) is 1.68. The summed E-state index contributed by atoms with van der Waals surface area (Å²) in [4.78, 5) is 26.5. The number of carbonyl (C=O) groups is 1. The van der Waals surface area contributed by atoms with Crippen LogP contribution in [0.15, 0.2) is 42.8 Å². The van der Waals surface area contributed by atoms with Crippen LogP contribution in [0.2, 0.25) is 0 Å². The molecule has 3 rings (SSSR count). The lowest BCUT2D eigenvalue weighted by Gasteiger charge is -1.85. The fraction of sp³-hybridized carbons (Fsp3) is 0. The predicted octanol–water partition coefficient (Wildman–Crippen LogP) is 2.35. The van der Waals surface area contributed by atoms with Crippen LogP contribution in [0.5, 0.6) is 0 Å². The lowest BCUT2D eigenvalue weighted by molar-refractivity contribution is 0.103. The maximum absolute atomic E-state index is 11.9. The molecule has 7 heteroatoms. The fourth-order valence-corrected chi connectivity index (χ4v) is 3.72. The van der Waals surface area contributed by atoms with E-state index in [1.54, 1.807) is 29.5 Å². The van der Waals surface area contributed by atoms with Crippen molar-refractivity contribution in [2.75, 3.05) is 0 Å². The second-order valence-corrected chi connectivity index (χ2v) is 7.38. The van der Waals surface area contributed by atoms with Crippen LogP contribution in [0.1, 0.15) is 16.1 Å². The third-order valence-corrected chi connectivity index (χ3v) is 5.34. The predicted molar refractivity (Wildman–Crippen MR) is 87.3 cm³/mol. The summed E-state index contributed by atoms with van der Waals surface area (Å²) in [5.41, 5.74) is 0.729. The van der Waals surface area contributed by atoms with E-state index in [0.29, 0.717) is 9.20 Å². The third-order valence-electron chi connectivity index (χ3n) is 2.64. The molecule has 0 spiro atoms. The Kier molecular flexibility index (Phi) is 4.05. The van der Waals surface area contributed by atoms with Crippen LogP contribution < -0.4 is 14.8 Å². The topological polar surface area (TPSA) is 63.1 Å². The molecule has 106 valence electrons. The van der Waals surface area contributed by atoms with Crippen molar-refractivity contribution >= 4 is 56.5 Å². The minimum absolute atomic E-state index is 0.211. The van der Waals surface area contributed by atoms with Gasteiger partial charge in [-0.3, -0.25) is 9.59 Å². The summed E-state index contributed by atoms with van der Waals surface area (Å²) >= 11 is 6.21. The number of thiazole rings is 1. The van der Waals surface area contributed by atoms with E-state index in [1.165, 1.54) is 23.7 Å². The first-order chi connectivity index (χ1) is 10.1. The number of hydrogen-bond donors (Lipinski definition) is 1. The number of hydrogen-bond acceptors (Lipinski definition) is 5. The van der Waals surface area contributed by atoms with E-state index in [0.717, 1.165) is 9.35 Å². The first kappa shape index (κ1) is 14.2. The second kappa shape index (κ2) is 5.97. The molecule has 0 saturated carbocycles. The summed E-state index contributed by atoms with van der Waals surface area (Å²) in [6, 6.07) is 5.15. The smallest absolute Gasteiger partial charge is 0.266 e. The average molecular weight is 382 g/mol. The normalized spacial score (nSPS) is 13.0. The molecule has 21 heavy (non-hydrogen) atoms. The lowest BCUT2D eigenvalue weighted by atomic mass is 10.3. The largest absolute Gasteiger partial charge is 0.461 e. The Hall–Kier alpha value is -1.70. The Labute approximate surface area is 135 Å².